The molecule has 5 heteroatoms. The summed E-state index contributed by atoms with van der Waals surface area (Å²) in [4.78, 5) is 16.2. The van der Waals surface area contributed by atoms with E-state index in [1.165, 1.54) is 0 Å². The summed E-state index contributed by atoms with van der Waals surface area (Å²) in [7, 11) is 0. The van der Waals surface area contributed by atoms with Gasteiger partial charge in [-0.1, -0.05) is 13.3 Å². The lowest BCUT2D eigenvalue weighted by Gasteiger charge is -2.05. The van der Waals surface area contributed by atoms with Gasteiger partial charge in [0.25, 0.3) is 0 Å². The number of carbonyl (C=O) groups is 1. The summed E-state index contributed by atoms with van der Waals surface area (Å²) in [5.74, 6) is 0.715. The van der Waals surface area contributed by atoms with Gasteiger partial charge in [0.2, 0.25) is 5.90 Å². The number of carbonyl (C=O) groups excluding carboxylic acids is 1. The fourth-order valence-electron chi connectivity index (χ4n) is 2.08. The first-order valence-corrected chi connectivity index (χ1v) is 8.48. The highest BCUT2D eigenvalue weighted by atomic mass is 32.1. The molecular formula is C18H17NO3S. The van der Waals surface area contributed by atoms with Crippen LogP contribution in [-0.4, -0.2) is 18.5 Å². The van der Waals surface area contributed by atoms with Gasteiger partial charge >= 0.3 is 5.97 Å². The summed E-state index contributed by atoms with van der Waals surface area (Å²) in [5.41, 5.74) is 2.03. The molecule has 0 unspecified atom stereocenters. The van der Waals surface area contributed by atoms with Crippen molar-refractivity contribution in [3.8, 4) is 5.75 Å². The molecule has 0 N–H and O–H groups in total. The van der Waals surface area contributed by atoms with E-state index in [0.717, 1.165) is 29.7 Å². The monoisotopic (exact) mass is 327 g/mol. The predicted molar refractivity (Wildman–Crippen MR) is 91.8 cm³/mol. The molecule has 0 atom stereocenters. The second-order valence-corrected chi connectivity index (χ2v) is 5.90. The van der Waals surface area contributed by atoms with Crippen LogP contribution in [-0.2, 0) is 9.53 Å². The Balaban J connectivity index is 1.73. The number of hydrogen-bond donors (Lipinski definition) is 0. The van der Waals surface area contributed by atoms with Crippen LogP contribution in [0.25, 0.3) is 6.08 Å². The van der Waals surface area contributed by atoms with Gasteiger partial charge in [-0.25, -0.2) is 9.79 Å². The Morgan fingerprint density at radius 2 is 2.09 bits per heavy atom. The van der Waals surface area contributed by atoms with E-state index in [0.29, 0.717) is 18.2 Å². The van der Waals surface area contributed by atoms with Crippen LogP contribution in [0.3, 0.4) is 0 Å². The van der Waals surface area contributed by atoms with Crippen LogP contribution in [0.5, 0.6) is 5.75 Å². The highest BCUT2D eigenvalue weighted by molar-refractivity contribution is 7.08. The second kappa shape index (κ2) is 7.24. The van der Waals surface area contributed by atoms with Crippen LogP contribution in [0.15, 0.2) is 51.8 Å². The van der Waals surface area contributed by atoms with Gasteiger partial charge < -0.3 is 9.47 Å². The summed E-state index contributed by atoms with van der Waals surface area (Å²) in [6, 6.07) is 9.35. The smallest absolute Gasteiger partial charge is 0.363 e. The van der Waals surface area contributed by atoms with E-state index in [1.54, 1.807) is 17.4 Å². The number of benzene rings is 1. The third-order valence-electron chi connectivity index (χ3n) is 3.33. The molecule has 1 aliphatic heterocycles. The van der Waals surface area contributed by atoms with E-state index in [2.05, 4.69) is 11.9 Å². The largest absolute Gasteiger partial charge is 0.494 e. The molecule has 1 aromatic carbocycles. The standard InChI is InChI=1S/C18H17NO3S/c1-2-3-9-21-15-6-4-14(5-7-15)17-19-16(18(20)22-17)11-13-8-10-23-12-13/h4-8,10-12H,2-3,9H2,1H3/b16-11-. The zero-order valence-electron chi connectivity index (χ0n) is 12.8. The normalized spacial score (nSPS) is 15.6. The van der Waals surface area contributed by atoms with Crippen LogP contribution in [0.2, 0.25) is 0 Å². The van der Waals surface area contributed by atoms with Gasteiger partial charge in [-0.3, -0.25) is 0 Å². The number of thiophene rings is 1. The molecule has 118 valence electrons. The van der Waals surface area contributed by atoms with Crippen molar-refractivity contribution in [2.45, 2.75) is 19.8 Å². The molecule has 0 spiro atoms. The van der Waals surface area contributed by atoms with Gasteiger partial charge in [-0.15, -0.1) is 0 Å². The zero-order chi connectivity index (χ0) is 16.1. The van der Waals surface area contributed by atoms with Gasteiger partial charge in [-0.05, 0) is 59.2 Å². The molecule has 2 heterocycles. The number of unbranched alkanes of at least 4 members (excludes halogenated alkanes) is 1. The SMILES string of the molecule is CCCCOc1ccc(C2=N/C(=C\c3ccsc3)C(=O)O2)cc1. The summed E-state index contributed by atoms with van der Waals surface area (Å²) in [6.45, 7) is 2.83. The van der Waals surface area contributed by atoms with E-state index >= 15 is 0 Å². The van der Waals surface area contributed by atoms with Gasteiger partial charge in [0.15, 0.2) is 5.70 Å². The summed E-state index contributed by atoms with van der Waals surface area (Å²) < 4.78 is 10.9. The van der Waals surface area contributed by atoms with Crippen LogP contribution < -0.4 is 4.74 Å². The third kappa shape index (κ3) is 3.87. The minimum atomic E-state index is -0.422. The molecule has 0 saturated heterocycles. The molecule has 1 aliphatic rings. The predicted octanol–water partition coefficient (Wildman–Crippen LogP) is 4.27. The number of cyclic esters (lactones) is 1. The Kier molecular flexibility index (Phi) is 4.88. The molecule has 23 heavy (non-hydrogen) atoms. The number of nitrogens with zero attached hydrogens (tertiary/aromatic N) is 1. The lowest BCUT2D eigenvalue weighted by molar-refractivity contribution is -0.129. The molecule has 3 rings (SSSR count). The Morgan fingerprint density at radius 1 is 1.26 bits per heavy atom. The van der Waals surface area contributed by atoms with Gasteiger partial charge in [-0.2, -0.15) is 11.3 Å². The lowest BCUT2D eigenvalue weighted by Crippen LogP contribution is -2.05. The summed E-state index contributed by atoms with van der Waals surface area (Å²) >= 11 is 1.57. The van der Waals surface area contributed by atoms with Crippen LogP contribution in [0, 0.1) is 0 Å². The molecule has 0 saturated carbocycles. The molecule has 1 aromatic heterocycles. The first-order valence-electron chi connectivity index (χ1n) is 7.54. The number of rotatable bonds is 6. The topological polar surface area (TPSA) is 47.9 Å². The van der Waals surface area contributed by atoms with E-state index in [1.807, 2.05) is 41.1 Å². The fraction of sp³-hybridized carbons (Fsp3) is 0.222. The lowest BCUT2D eigenvalue weighted by atomic mass is 10.2. The van der Waals surface area contributed by atoms with E-state index < -0.39 is 5.97 Å². The second-order valence-electron chi connectivity index (χ2n) is 5.12. The van der Waals surface area contributed by atoms with Crippen LogP contribution >= 0.6 is 11.3 Å². The molecule has 0 aliphatic carbocycles. The Bertz CT molecular complexity index is 730. The Hall–Kier alpha value is -2.40. The van der Waals surface area contributed by atoms with Crippen molar-refractivity contribution >= 4 is 29.3 Å². The van der Waals surface area contributed by atoms with Crippen molar-refractivity contribution in [3.05, 3.63) is 57.9 Å². The quantitative estimate of drug-likeness (QED) is 0.452. The third-order valence-corrected chi connectivity index (χ3v) is 4.04. The van der Waals surface area contributed by atoms with Crippen molar-refractivity contribution in [2.75, 3.05) is 6.61 Å². The average molecular weight is 327 g/mol. The number of ether oxygens (including phenoxy) is 2. The molecule has 0 radical (unpaired) electrons. The van der Waals surface area contributed by atoms with Gasteiger partial charge in [0.05, 0.1) is 6.61 Å². The maximum atomic E-state index is 11.9. The minimum Gasteiger partial charge on any atom is -0.494 e. The van der Waals surface area contributed by atoms with Crippen molar-refractivity contribution in [2.24, 2.45) is 4.99 Å². The van der Waals surface area contributed by atoms with Crippen molar-refractivity contribution in [3.63, 3.8) is 0 Å². The summed E-state index contributed by atoms with van der Waals surface area (Å²) in [6.07, 6.45) is 3.86. The first kappa shape index (κ1) is 15.5. The first-order chi connectivity index (χ1) is 11.3. The maximum absolute atomic E-state index is 11.9. The van der Waals surface area contributed by atoms with Gasteiger partial charge in [0, 0.05) is 5.56 Å². The highest BCUT2D eigenvalue weighted by Gasteiger charge is 2.24. The van der Waals surface area contributed by atoms with Crippen LogP contribution in [0.4, 0.5) is 0 Å². The fourth-order valence-corrected chi connectivity index (χ4v) is 2.69. The number of esters is 1. The maximum Gasteiger partial charge on any atom is 0.363 e. The molecular weight excluding hydrogens is 310 g/mol. The molecule has 0 amide bonds. The average Bonchev–Trinajstić information content (AvgIpc) is 3.19. The Morgan fingerprint density at radius 3 is 2.78 bits per heavy atom. The number of hydrogen-bond acceptors (Lipinski definition) is 5. The van der Waals surface area contributed by atoms with Gasteiger partial charge in [0.1, 0.15) is 5.75 Å². The summed E-state index contributed by atoms with van der Waals surface area (Å²) in [5, 5.41) is 3.91. The Labute approximate surface area is 139 Å². The van der Waals surface area contributed by atoms with E-state index in [9.17, 15) is 4.79 Å². The van der Waals surface area contributed by atoms with E-state index in [-0.39, 0.29) is 0 Å². The zero-order valence-corrected chi connectivity index (χ0v) is 13.6. The molecule has 4 nitrogen and oxygen atoms in total. The molecule has 0 bridgehead atoms. The molecule has 2 aromatic rings. The molecule has 0 fully saturated rings. The number of aliphatic imine (C=N–C) groups is 1. The van der Waals surface area contributed by atoms with Crippen LogP contribution in [0.1, 0.15) is 30.9 Å². The minimum absolute atomic E-state index is 0.321. The van der Waals surface area contributed by atoms with Crippen molar-refractivity contribution in [1.82, 2.24) is 0 Å². The highest BCUT2D eigenvalue weighted by Crippen LogP contribution is 2.21. The van der Waals surface area contributed by atoms with Crippen molar-refractivity contribution < 1.29 is 14.3 Å². The van der Waals surface area contributed by atoms with Crippen molar-refractivity contribution in [1.29, 1.82) is 0 Å². The van der Waals surface area contributed by atoms with E-state index in [4.69, 9.17) is 9.47 Å².